The van der Waals surface area contributed by atoms with E-state index >= 15 is 0 Å². The van der Waals surface area contributed by atoms with Gasteiger partial charge < -0.3 is 4.74 Å². The van der Waals surface area contributed by atoms with E-state index in [-0.39, 0.29) is 0 Å². The van der Waals surface area contributed by atoms with E-state index in [1.54, 1.807) is 7.11 Å². The summed E-state index contributed by atoms with van der Waals surface area (Å²) >= 11 is 3.50. The number of fused-ring (bicyclic) bond motifs is 1. The Hall–Kier alpha value is -0.340. The first-order valence-electron chi connectivity index (χ1n) is 3.63. The van der Waals surface area contributed by atoms with Crippen LogP contribution in [0.4, 0.5) is 0 Å². The highest BCUT2D eigenvalue weighted by Crippen LogP contribution is 2.39. The largest absolute Gasteiger partial charge is 0.376 e. The van der Waals surface area contributed by atoms with E-state index in [4.69, 9.17) is 4.74 Å². The molecule has 1 atom stereocenters. The normalized spacial score (nSPS) is 20.7. The van der Waals surface area contributed by atoms with E-state index in [0.717, 1.165) is 6.42 Å². The van der Waals surface area contributed by atoms with Gasteiger partial charge in [0.1, 0.15) is 0 Å². The summed E-state index contributed by atoms with van der Waals surface area (Å²) in [5.74, 6) is 0. The third kappa shape index (κ3) is 1.01. The van der Waals surface area contributed by atoms with Gasteiger partial charge in [-0.15, -0.1) is 0 Å². The molecule has 11 heavy (non-hydrogen) atoms. The first kappa shape index (κ1) is 7.32. The molecule has 1 aliphatic carbocycles. The van der Waals surface area contributed by atoms with Crippen molar-refractivity contribution in [2.45, 2.75) is 12.5 Å². The summed E-state index contributed by atoms with van der Waals surface area (Å²) in [6.07, 6.45) is 1.38. The Labute approximate surface area is 74.5 Å². The minimum atomic E-state index is 0.336. The Balaban J connectivity index is 2.41. The Bertz CT molecular complexity index is 283. The fourth-order valence-corrected chi connectivity index (χ4v) is 2.01. The summed E-state index contributed by atoms with van der Waals surface area (Å²) in [6, 6.07) is 6.25. The highest BCUT2D eigenvalue weighted by Gasteiger charge is 2.26. The van der Waals surface area contributed by atoms with Crippen LogP contribution >= 0.6 is 15.9 Å². The second kappa shape index (κ2) is 2.61. The average molecular weight is 213 g/mol. The zero-order valence-corrected chi connectivity index (χ0v) is 7.89. The molecule has 0 spiro atoms. The summed E-state index contributed by atoms with van der Waals surface area (Å²) in [4.78, 5) is 0. The molecule has 0 heterocycles. The van der Waals surface area contributed by atoms with Crippen LogP contribution in [0.25, 0.3) is 0 Å². The van der Waals surface area contributed by atoms with Gasteiger partial charge >= 0.3 is 0 Å². The predicted octanol–water partition coefficient (Wildman–Crippen LogP) is 2.69. The summed E-state index contributed by atoms with van der Waals surface area (Å²) in [6.45, 7) is 0. The fraction of sp³-hybridized carbons (Fsp3) is 0.333. The van der Waals surface area contributed by atoms with Crippen LogP contribution < -0.4 is 0 Å². The van der Waals surface area contributed by atoms with Gasteiger partial charge in [0.2, 0.25) is 0 Å². The van der Waals surface area contributed by atoms with Crippen LogP contribution in [0.1, 0.15) is 17.2 Å². The van der Waals surface area contributed by atoms with E-state index < -0.39 is 0 Å². The summed E-state index contributed by atoms with van der Waals surface area (Å²) in [5, 5.41) is 0. The Kier molecular flexibility index (Phi) is 1.74. The van der Waals surface area contributed by atoms with Crippen molar-refractivity contribution in [2.75, 3.05) is 7.11 Å². The highest BCUT2D eigenvalue weighted by atomic mass is 79.9. The monoisotopic (exact) mass is 212 g/mol. The number of hydrogen-bond donors (Lipinski definition) is 0. The molecule has 1 nitrogen and oxygen atoms in total. The van der Waals surface area contributed by atoms with Gasteiger partial charge in [-0.1, -0.05) is 28.1 Å². The molecule has 0 amide bonds. The molecule has 0 aromatic heterocycles. The van der Waals surface area contributed by atoms with Crippen LogP contribution in [0.5, 0.6) is 0 Å². The van der Waals surface area contributed by atoms with Gasteiger partial charge in [0.25, 0.3) is 0 Å². The number of rotatable bonds is 1. The zero-order valence-electron chi connectivity index (χ0n) is 6.30. The molecule has 0 saturated heterocycles. The Morgan fingerprint density at radius 2 is 2.36 bits per heavy atom. The highest BCUT2D eigenvalue weighted by molar-refractivity contribution is 9.10. The summed E-state index contributed by atoms with van der Waals surface area (Å²) < 4.78 is 6.46. The SMILES string of the molecule is COC1Cc2c(Br)cccc21. The van der Waals surface area contributed by atoms with Gasteiger partial charge in [-0.2, -0.15) is 0 Å². The topological polar surface area (TPSA) is 9.23 Å². The van der Waals surface area contributed by atoms with Crippen molar-refractivity contribution in [3.63, 3.8) is 0 Å². The van der Waals surface area contributed by atoms with Crippen molar-refractivity contribution < 1.29 is 4.74 Å². The van der Waals surface area contributed by atoms with Gasteiger partial charge in [0.05, 0.1) is 6.10 Å². The molecule has 58 valence electrons. The number of benzene rings is 1. The molecular formula is C9H9BrO. The lowest BCUT2D eigenvalue weighted by atomic mass is 9.85. The zero-order chi connectivity index (χ0) is 7.84. The van der Waals surface area contributed by atoms with Crippen LogP contribution in [0.15, 0.2) is 22.7 Å². The van der Waals surface area contributed by atoms with E-state index in [2.05, 4.69) is 28.1 Å². The first-order valence-corrected chi connectivity index (χ1v) is 4.42. The molecule has 1 aromatic rings. The second-order valence-electron chi connectivity index (χ2n) is 2.74. The van der Waals surface area contributed by atoms with Crippen molar-refractivity contribution in [1.82, 2.24) is 0 Å². The molecule has 0 bridgehead atoms. The predicted molar refractivity (Wildman–Crippen MR) is 47.6 cm³/mol. The molecule has 2 heteroatoms. The van der Waals surface area contributed by atoms with Crippen molar-refractivity contribution in [1.29, 1.82) is 0 Å². The standard InChI is InChI=1S/C9H9BrO/c1-11-9-5-7-6(9)3-2-4-8(7)10/h2-4,9H,5H2,1H3. The lowest BCUT2D eigenvalue weighted by Crippen LogP contribution is -2.18. The Morgan fingerprint density at radius 3 is 3.09 bits per heavy atom. The van der Waals surface area contributed by atoms with Crippen LogP contribution in [-0.2, 0) is 11.2 Å². The lowest BCUT2D eigenvalue weighted by Gasteiger charge is -2.29. The van der Waals surface area contributed by atoms with Gasteiger partial charge in [0.15, 0.2) is 0 Å². The number of methoxy groups -OCH3 is 1. The van der Waals surface area contributed by atoms with Crippen molar-refractivity contribution in [2.24, 2.45) is 0 Å². The molecular weight excluding hydrogens is 204 g/mol. The number of hydrogen-bond acceptors (Lipinski definition) is 1. The molecule has 1 unspecified atom stereocenters. The Morgan fingerprint density at radius 1 is 1.55 bits per heavy atom. The maximum Gasteiger partial charge on any atom is 0.0865 e. The maximum absolute atomic E-state index is 5.25. The van der Waals surface area contributed by atoms with Crippen LogP contribution in [-0.4, -0.2) is 7.11 Å². The first-order chi connectivity index (χ1) is 5.33. The third-order valence-corrected chi connectivity index (χ3v) is 2.92. The summed E-state index contributed by atoms with van der Waals surface area (Å²) in [7, 11) is 1.76. The van der Waals surface area contributed by atoms with Gasteiger partial charge in [-0.05, 0) is 17.2 Å². The molecule has 1 aromatic carbocycles. The maximum atomic E-state index is 5.25. The van der Waals surface area contributed by atoms with Crippen LogP contribution in [0.3, 0.4) is 0 Å². The molecule has 0 saturated carbocycles. The van der Waals surface area contributed by atoms with Crippen molar-refractivity contribution in [3.05, 3.63) is 33.8 Å². The molecule has 0 radical (unpaired) electrons. The lowest BCUT2D eigenvalue weighted by molar-refractivity contribution is 0.0841. The van der Waals surface area contributed by atoms with Crippen molar-refractivity contribution >= 4 is 15.9 Å². The minimum absolute atomic E-state index is 0.336. The van der Waals surface area contributed by atoms with Crippen LogP contribution in [0, 0.1) is 0 Å². The molecule has 2 rings (SSSR count). The van der Waals surface area contributed by atoms with Gasteiger partial charge in [-0.25, -0.2) is 0 Å². The third-order valence-electron chi connectivity index (χ3n) is 2.18. The average Bonchev–Trinajstić information content (AvgIpc) is 1.95. The van der Waals surface area contributed by atoms with Crippen LogP contribution in [0.2, 0.25) is 0 Å². The number of ether oxygens (including phenoxy) is 1. The van der Waals surface area contributed by atoms with E-state index in [1.807, 2.05) is 6.07 Å². The van der Waals surface area contributed by atoms with E-state index in [9.17, 15) is 0 Å². The number of halogens is 1. The van der Waals surface area contributed by atoms with Crippen molar-refractivity contribution in [3.8, 4) is 0 Å². The van der Waals surface area contributed by atoms with E-state index in [1.165, 1.54) is 15.6 Å². The summed E-state index contributed by atoms with van der Waals surface area (Å²) in [5.41, 5.74) is 2.74. The molecule has 0 aliphatic heterocycles. The second-order valence-corrected chi connectivity index (χ2v) is 3.59. The van der Waals surface area contributed by atoms with E-state index in [0.29, 0.717) is 6.10 Å². The molecule has 0 N–H and O–H groups in total. The molecule has 1 aliphatic rings. The quantitative estimate of drug-likeness (QED) is 0.696. The van der Waals surface area contributed by atoms with Gasteiger partial charge in [-0.3, -0.25) is 0 Å². The van der Waals surface area contributed by atoms with Gasteiger partial charge in [0, 0.05) is 18.0 Å². The molecule has 0 fully saturated rings. The fourth-order valence-electron chi connectivity index (χ4n) is 1.47. The minimum Gasteiger partial charge on any atom is -0.376 e. The smallest absolute Gasteiger partial charge is 0.0865 e.